The Morgan fingerprint density at radius 1 is 1.04 bits per heavy atom. The Morgan fingerprint density at radius 2 is 1.63 bits per heavy atom. The van der Waals surface area contributed by atoms with Crippen LogP contribution in [0.1, 0.15) is 12.0 Å². The number of aliphatic hydroxyl groups is 3. The lowest BCUT2D eigenvalue weighted by molar-refractivity contribution is -0.121. The number of methoxy groups -OCH3 is 3. The zero-order chi connectivity index (χ0) is 20.0. The fraction of sp³-hybridized carbons (Fsp3) is 0.611. The predicted molar refractivity (Wildman–Crippen MR) is 97.2 cm³/mol. The van der Waals surface area contributed by atoms with Crippen molar-refractivity contribution in [3.8, 4) is 17.2 Å². The summed E-state index contributed by atoms with van der Waals surface area (Å²) >= 11 is 0. The molecule has 0 saturated carbocycles. The van der Waals surface area contributed by atoms with E-state index in [1.807, 2.05) is 0 Å². The molecule has 2 rings (SSSR count). The van der Waals surface area contributed by atoms with Gasteiger partial charge < -0.3 is 40.2 Å². The maximum atomic E-state index is 12.2. The van der Waals surface area contributed by atoms with E-state index in [0.717, 1.165) is 5.56 Å². The molecular formula is C18H28N2O7. The number of nitrogens with one attached hydrogen (secondary N) is 2. The number of aryl methyl sites for hydroxylation is 1. The second-order valence-corrected chi connectivity index (χ2v) is 6.37. The summed E-state index contributed by atoms with van der Waals surface area (Å²) in [4.78, 5) is 12.2. The number of benzene rings is 1. The van der Waals surface area contributed by atoms with E-state index in [-0.39, 0.29) is 25.5 Å². The number of amides is 1. The van der Waals surface area contributed by atoms with E-state index >= 15 is 0 Å². The van der Waals surface area contributed by atoms with Crippen LogP contribution in [-0.4, -0.2) is 80.0 Å². The Labute approximate surface area is 158 Å². The SMILES string of the molecule is COc1cc(OC)c(OC)cc1CCC(=O)NC[C@H]1N[C@H](CO)[C@H](O)[C@@H]1O. The Hall–Kier alpha value is -2.07. The van der Waals surface area contributed by atoms with Crippen LogP contribution in [0, 0.1) is 0 Å². The molecule has 152 valence electrons. The third-order valence-electron chi connectivity index (χ3n) is 4.73. The van der Waals surface area contributed by atoms with Crippen molar-refractivity contribution in [2.75, 3.05) is 34.5 Å². The molecular weight excluding hydrogens is 356 g/mol. The first-order valence-corrected chi connectivity index (χ1v) is 8.73. The first-order chi connectivity index (χ1) is 12.9. The van der Waals surface area contributed by atoms with E-state index in [1.54, 1.807) is 19.2 Å². The van der Waals surface area contributed by atoms with E-state index in [9.17, 15) is 15.0 Å². The predicted octanol–water partition coefficient (Wildman–Crippen LogP) is -1.18. The molecule has 1 heterocycles. The van der Waals surface area contributed by atoms with Gasteiger partial charge in [-0.25, -0.2) is 0 Å². The standard InChI is InChI=1S/C18H28N2O7/c1-25-13-7-15(27-3)14(26-2)6-10(13)4-5-16(22)19-8-11-17(23)18(24)12(9-21)20-11/h6-7,11-12,17-18,20-21,23-24H,4-5,8-9H2,1-3H3,(H,19,22)/t11-,12-,17-,18+/m1/s1. The molecule has 0 spiro atoms. The first kappa shape index (κ1) is 21.2. The van der Waals surface area contributed by atoms with Gasteiger partial charge in [-0.05, 0) is 18.1 Å². The van der Waals surface area contributed by atoms with Gasteiger partial charge in [0, 0.05) is 19.0 Å². The molecule has 1 saturated heterocycles. The number of hydrogen-bond donors (Lipinski definition) is 5. The number of aliphatic hydroxyl groups excluding tert-OH is 3. The molecule has 0 unspecified atom stereocenters. The molecule has 1 amide bonds. The highest BCUT2D eigenvalue weighted by Gasteiger charge is 2.40. The normalized spacial score (nSPS) is 24.5. The van der Waals surface area contributed by atoms with Crippen LogP contribution in [0.4, 0.5) is 0 Å². The van der Waals surface area contributed by atoms with Crippen molar-refractivity contribution in [2.45, 2.75) is 37.1 Å². The lowest BCUT2D eigenvalue weighted by Gasteiger charge is -2.17. The minimum absolute atomic E-state index is 0.149. The van der Waals surface area contributed by atoms with Gasteiger partial charge in [0.25, 0.3) is 0 Å². The molecule has 0 aromatic heterocycles. The van der Waals surface area contributed by atoms with Gasteiger partial charge in [-0.2, -0.15) is 0 Å². The van der Waals surface area contributed by atoms with Crippen molar-refractivity contribution in [1.29, 1.82) is 0 Å². The summed E-state index contributed by atoms with van der Waals surface area (Å²) in [6.07, 6.45) is -1.47. The molecule has 9 nitrogen and oxygen atoms in total. The zero-order valence-corrected chi connectivity index (χ0v) is 15.8. The first-order valence-electron chi connectivity index (χ1n) is 8.73. The molecule has 0 aliphatic carbocycles. The largest absolute Gasteiger partial charge is 0.496 e. The summed E-state index contributed by atoms with van der Waals surface area (Å²) in [5.74, 6) is 1.49. The highest BCUT2D eigenvalue weighted by molar-refractivity contribution is 5.76. The van der Waals surface area contributed by atoms with Gasteiger partial charge >= 0.3 is 0 Å². The minimum atomic E-state index is -1.06. The van der Waals surface area contributed by atoms with Crippen LogP contribution in [0.3, 0.4) is 0 Å². The number of rotatable bonds is 9. The molecule has 1 aromatic rings. The quantitative estimate of drug-likeness (QED) is 0.360. The van der Waals surface area contributed by atoms with Crippen molar-refractivity contribution < 1.29 is 34.3 Å². The van der Waals surface area contributed by atoms with E-state index < -0.39 is 24.3 Å². The lowest BCUT2D eigenvalue weighted by Crippen LogP contribution is -2.44. The molecule has 1 aliphatic heterocycles. The fourth-order valence-corrected chi connectivity index (χ4v) is 3.14. The van der Waals surface area contributed by atoms with Gasteiger partial charge in [-0.15, -0.1) is 0 Å². The van der Waals surface area contributed by atoms with Gasteiger partial charge in [0.15, 0.2) is 11.5 Å². The molecule has 1 aliphatic rings. The summed E-state index contributed by atoms with van der Waals surface area (Å²) < 4.78 is 15.9. The van der Waals surface area contributed by atoms with Crippen LogP contribution in [0.15, 0.2) is 12.1 Å². The Bertz CT molecular complexity index is 640. The average Bonchev–Trinajstić information content (AvgIpc) is 2.97. The summed E-state index contributed by atoms with van der Waals surface area (Å²) in [7, 11) is 4.61. The molecule has 1 fully saturated rings. The Morgan fingerprint density at radius 3 is 2.19 bits per heavy atom. The number of hydrogen-bond acceptors (Lipinski definition) is 8. The molecule has 4 atom stereocenters. The number of carbonyl (C=O) groups is 1. The third-order valence-corrected chi connectivity index (χ3v) is 4.73. The second-order valence-electron chi connectivity index (χ2n) is 6.37. The van der Waals surface area contributed by atoms with Crippen LogP contribution < -0.4 is 24.8 Å². The summed E-state index contributed by atoms with van der Waals surface area (Å²) in [5.41, 5.74) is 0.806. The fourth-order valence-electron chi connectivity index (χ4n) is 3.14. The van der Waals surface area contributed by atoms with Crippen LogP contribution in [0.25, 0.3) is 0 Å². The van der Waals surface area contributed by atoms with Crippen LogP contribution in [-0.2, 0) is 11.2 Å². The van der Waals surface area contributed by atoms with Crippen molar-refractivity contribution in [1.82, 2.24) is 10.6 Å². The van der Waals surface area contributed by atoms with Crippen molar-refractivity contribution >= 4 is 5.91 Å². The summed E-state index contributed by atoms with van der Waals surface area (Å²) in [6.45, 7) is -0.140. The smallest absolute Gasteiger partial charge is 0.220 e. The maximum Gasteiger partial charge on any atom is 0.220 e. The average molecular weight is 384 g/mol. The highest BCUT2D eigenvalue weighted by Crippen LogP contribution is 2.35. The molecule has 0 radical (unpaired) electrons. The van der Waals surface area contributed by atoms with E-state index in [2.05, 4.69) is 10.6 Å². The molecule has 9 heteroatoms. The Balaban J connectivity index is 1.90. The van der Waals surface area contributed by atoms with Gasteiger partial charge in [0.05, 0.1) is 52.2 Å². The number of ether oxygens (including phenoxy) is 3. The van der Waals surface area contributed by atoms with E-state index in [1.165, 1.54) is 14.2 Å². The van der Waals surface area contributed by atoms with Gasteiger partial charge in [0.1, 0.15) is 5.75 Å². The monoisotopic (exact) mass is 384 g/mol. The lowest BCUT2D eigenvalue weighted by atomic mass is 10.1. The second kappa shape index (κ2) is 9.75. The van der Waals surface area contributed by atoms with Crippen molar-refractivity contribution in [3.63, 3.8) is 0 Å². The van der Waals surface area contributed by atoms with Crippen molar-refractivity contribution in [3.05, 3.63) is 17.7 Å². The minimum Gasteiger partial charge on any atom is -0.496 e. The molecule has 27 heavy (non-hydrogen) atoms. The number of carbonyl (C=O) groups excluding carboxylic acids is 1. The van der Waals surface area contributed by atoms with Gasteiger partial charge in [-0.1, -0.05) is 0 Å². The van der Waals surface area contributed by atoms with Crippen LogP contribution >= 0.6 is 0 Å². The highest BCUT2D eigenvalue weighted by atomic mass is 16.5. The molecule has 0 bridgehead atoms. The molecule has 5 N–H and O–H groups in total. The van der Waals surface area contributed by atoms with Crippen LogP contribution in [0.5, 0.6) is 17.2 Å². The zero-order valence-electron chi connectivity index (χ0n) is 15.8. The van der Waals surface area contributed by atoms with Crippen LogP contribution in [0.2, 0.25) is 0 Å². The van der Waals surface area contributed by atoms with Gasteiger partial charge in [-0.3, -0.25) is 4.79 Å². The maximum absolute atomic E-state index is 12.2. The van der Waals surface area contributed by atoms with Gasteiger partial charge in [0.2, 0.25) is 5.91 Å². The molecule has 1 aromatic carbocycles. The van der Waals surface area contributed by atoms with Crippen molar-refractivity contribution in [2.24, 2.45) is 0 Å². The van der Waals surface area contributed by atoms with E-state index in [0.29, 0.717) is 23.7 Å². The summed E-state index contributed by atoms with van der Waals surface area (Å²) in [5, 5.41) is 34.5. The van der Waals surface area contributed by atoms with E-state index in [4.69, 9.17) is 19.3 Å². The third kappa shape index (κ3) is 5.01. The summed E-state index contributed by atoms with van der Waals surface area (Å²) in [6, 6.07) is 2.37. The topological polar surface area (TPSA) is 130 Å². The Kier molecular flexibility index (Phi) is 7.66.